The highest BCUT2D eigenvalue weighted by molar-refractivity contribution is 7.10. The lowest BCUT2D eigenvalue weighted by Crippen LogP contribution is -2.30. The Bertz CT molecular complexity index is 593. The number of hydrogen-bond acceptors (Lipinski definition) is 3. The maximum atomic E-state index is 11.8. The van der Waals surface area contributed by atoms with Gasteiger partial charge in [0.1, 0.15) is 0 Å². The topological polar surface area (TPSA) is 78.4 Å². The smallest absolute Gasteiger partial charge is 0.335 e. The van der Waals surface area contributed by atoms with Gasteiger partial charge in [-0.25, -0.2) is 9.59 Å². The number of benzene rings is 1. The van der Waals surface area contributed by atoms with Crippen LogP contribution in [0.5, 0.6) is 0 Å². The molecule has 6 heteroatoms. The molecule has 2 aromatic rings. The van der Waals surface area contributed by atoms with Crippen molar-refractivity contribution < 1.29 is 14.7 Å². The number of carbonyl (C=O) groups excluding carboxylic acids is 1. The van der Waals surface area contributed by atoms with Gasteiger partial charge in [0.2, 0.25) is 0 Å². The van der Waals surface area contributed by atoms with Gasteiger partial charge in [0.15, 0.2) is 0 Å². The first kappa shape index (κ1) is 14.1. The Morgan fingerprint density at radius 1 is 1.20 bits per heavy atom. The van der Waals surface area contributed by atoms with Crippen LogP contribution in [0.3, 0.4) is 0 Å². The van der Waals surface area contributed by atoms with E-state index in [1.165, 1.54) is 12.1 Å². The molecule has 0 radical (unpaired) electrons. The van der Waals surface area contributed by atoms with Crippen LogP contribution in [0, 0.1) is 0 Å². The molecule has 0 aliphatic heterocycles. The molecule has 3 N–H and O–H groups in total. The van der Waals surface area contributed by atoms with E-state index in [1.54, 1.807) is 23.5 Å². The molecule has 0 spiro atoms. The molecule has 1 aromatic carbocycles. The molecule has 1 heterocycles. The van der Waals surface area contributed by atoms with Crippen LogP contribution in [-0.2, 0) is 0 Å². The van der Waals surface area contributed by atoms with Crippen molar-refractivity contribution in [1.82, 2.24) is 5.32 Å². The molecule has 1 aromatic heterocycles. The molecule has 1 atom stereocenters. The van der Waals surface area contributed by atoms with Crippen molar-refractivity contribution in [1.29, 1.82) is 0 Å². The molecule has 0 aliphatic carbocycles. The van der Waals surface area contributed by atoms with Crippen LogP contribution in [0.15, 0.2) is 41.8 Å². The van der Waals surface area contributed by atoms with E-state index in [9.17, 15) is 9.59 Å². The fourth-order valence-corrected chi connectivity index (χ4v) is 2.40. The van der Waals surface area contributed by atoms with Gasteiger partial charge >= 0.3 is 12.0 Å². The van der Waals surface area contributed by atoms with Gasteiger partial charge in [0.25, 0.3) is 0 Å². The average molecular weight is 290 g/mol. The third-order valence-corrected chi connectivity index (χ3v) is 3.76. The Hall–Kier alpha value is -2.34. The number of anilines is 1. The molecule has 2 amide bonds. The van der Waals surface area contributed by atoms with E-state index in [-0.39, 0.29) is 17.6 Å². The van der Waals surface area contributed by atoms with Crippen LogP contribution in [-0.4, -0.2) is 17.1 Å². The molecule has 0 aliphatic rings. The van der Waals surface area contributed by atoms with Gasteiger partial charge in [-0.1, -0.05) is 6.07 Å². The second kappa shape index (κ2) is 6.21. The first-order valence-electron chi connectivity index (χ1n) is 6.00. The van der Waals surface area contributed by atoms with Gasteiger partial charge in [0, 0.05) is 10.6 Å². The quantitative estimate of drug-likeness (QED) is 0.808. The summed E-state index contributed by atoms with van der Waals surface area (Å²) in [6.07, 6.45) is 0. The minimum atomic E-state index is -0.993. The standard InChI is InChI=1S/C14H14N2O3S/c1-9(12-3-2-8-20-12)15-14(19)16-11-6-4-10(5-7-11)13(17)18/h2-9H,1H3,(H,17,18)(H2,15,16,19). The van der Waals surface area contributed by atoms with Crippen LogP contribution < -0.4 is 10.6 Å². The van der Waals surface area contributed by atoms with E-state index >= 15 is 0 Å². The summed E-state index contributed by atoms with van der Waals surface area (Å²) in [5, 5.41) is 16.2. The van der Waals surface area contributed by atoms with Crippen molar-refractivity contribution in [2.24, 2.45) is 0 Å². The molecular formula is C14H14N2O3S. The van der Waals surface area contributed by atoms with Crippen molar-refractivity contribution in [2.75, 3.05) is 5.32 Å². The number of rotatable bonds is 4. The van der Waals surface area contributed by atoms with Gasteiger partial charge in [0.05, 0.1) is 11.6 Å². The number of carbonyl (C=O) groups is 2. The minimum absolute atomic E-state index is 0.0757. The van der Waals surface area contributed by atoms with Crippen LogP contribution >= 0.6 is 11.3 Å². The zero-order chi connectivity index (χ0) is 14.5. The van der Waals surface area contributed by atoms with Crippen LogP contribution in [0.1, 0.15) is 28.2 Å². The van der Waals surface area contributed by atoms with Gasteiger partial charge in [-0.2, -0.15) is 0 Å². The summed E-state index contributed by atoms with van der Waals surface area (Å²) in [7, 11) is 0. The number of aromatic carboxylic acids is 1. The maximum absolute atomic E-state index is 11.8. The number of nitrogens with one attached hydrogen (secondary N) is 2. The number of hydrogen-bond donors (Lipinski definition) is 3. The Morgan fingerprint density at radius 2 is 1.90 bits per heavy atom. The Labute approximate surface area is 120 Å². The SMILES string of the molecule is CC(NC(=O)Nc1ccc(C(=O)O)cc1)c1cccs1. The molecule has 5 nitrogen and oxygen atoms in total. The monoisotopic (exact) mass is 290 g/mol. The number of amides is 2. The second-order valence-electron chi connectivity index (χ2n) is 4.22. The molecule has 2 rings (SSSR count). The minimum Gasteiger partial charge on any atom is -0.478 e. The molecule has 0 saturated carbocycles. The van der Waals surface area contributed by atoms with Crippen LogP contribution in [0.4, 0.5) is 10.5 Å². The lowest BCUT2D eigenvalue weighted by molar-refractivity contribution is 0.0697. The Morgan fingerprint density at radius 3 is 2.45 bits per heavy atom. The molecule has 0 saturated heterocycles. The summed E-state index contributed by atoms with van der Waals surface area (Å²) in [4.78, 5) is 23.6. The highest BCUT2D eigenvalue weighted by Crippen LogP contribution is 2.18. The summed E-state index contributed by atoms with van der Waals surface area (Å²) in [6, 6.07) is 9.49. The first-order valence-corrected chi connectivity index (χ1v) is 6.88. The number of carboxylic acid groups (broad SMARTS) is 1. The summed E-state index contributed by atoms with van der Waals surface area (Å²) < 4.78 is 0. The summed E-state index contributed by atoms with van der Waals surface area (Å²) >= 11 is 1.58. The highest BCUT2D eigenvalue weighted by atomic mass is 32.1. The largest absolute Gasteiger partial charge is 0.478 e. The predicted octanol–water partition coefficient (Wildman–Crippen LogP) is 3.33. The van der Waals surface area contributed by atoms with Crippen molar-refractivity contribution in [2.45, 2.75) is 13.0 Å². The van der Waals surface area contributed by atoms with Crippen molar-refractivity contribution >= 4 is 29.0 Å². The Balaban J connectivity index is 1.92. The zero-order valence-electron chi connectivity index (χ0n) is 10.8. The van der Waals surface area contributed by atoms with Crippen molar-refractivity contribution in [3.05, 3.63) is 52.2 Å². The summed E-state index contributed by atoms with van der Waals surface area (Å²) in [5.74, 6) is -0.993. The fraction of sp³-hybridized carbons (Fsp3) is 0.143. The zero-order valence-corrected chi connectivity index (χ0v) is 11.6. The molecule has 0 fully saturated rings. The van der Waals surface area contributed by atoms with Gasteiger partial charge in [-0.15, -0.1) is 11.3 Å². The van der Waals surface area contributed by atoms with Crippen molar-refractivity contribution in [3.8, 4) is 0 Å². The van der Waals surface area contributed by atoms with Gasteiger partial charge in [-0.05, 0) is 42.6 Å². The van der Waals surface area contributed by atoms with Gasteiger partial charge < -0.3 is 15.7 Å². The highest BCUT2D eigenvalue weighted by Gasteiger charge is 2.10. The summed E-state index contributed by atoms with van der Waals surface area (Å²) in [6.45, 7) is 1.90. The normalized spacial score (nSPS) is 11.7. The molecular weight excluding hydrogens is 276 g/mol. The molecule has 104 valence electrons. The van der Waals surface area contributed by atoms with Crippen LogP contribution in [0.25, 0.3) is 0 Å². The molecule has 0 bridgehead atoms. The third kappa shape index (κ3) is 3.58. The lowest BCUT2D eigenvalue weighted by atomic mass is 10.2. The maximum Gasteiger partial charge on any atom is 0.335 e. The third-order valence-electron chi connectivity index (χ3n) is 2.71. The fourth-order valence-electron chi connectivity index (χ4n) is 1.67. The summed E-state index contributed by atoms with van der Waals surface area (Å²) in [5.41, 5.74) is 0.730. The van der Waals surface area contributed by atoms with E-state index in [1.807, 2.05) is 24.4 Å². The van der Waals surface area contributed by atoms with E-state index in [0.29, 0.717) is 5.69 Å². The molecule has 20 heavy (non-hydrogen) atoms. The predicted molar refractivity (Wildman–Crippen MR) is 78.3 cm³/mol. The average Bonchev–Trinajstić information content (AvgIpc) is 2.93. The van der Waals surface area contributed by atoms with Crippen LogP contribution in [0.2, 0.25) is 0 Å². The first-order chi connectivity index (χ1) is 9.56. The number of urea groups is 1. The molecule has 1 unspecified atom stereocenters. The number of carboxylic acids is 1. The van der Waals surface area contributed by atoms with Crippen molar-refractivity contribution in [3.63, 3.8) is 0 Å². The Kier molecular flexibility index (Phi) is 4.37. The lowest BCUT2D eigenvalue weighted by Gasteiger charge is -2.13. The van der Waals surface area contributed by atoms with E-state index in [0.717, 1.165) is 4.88 Å². The van der Waals surface area contributed by atoms with E-state index in [2.05, 4.69) is 10.6 Å². The number of thiophene rings is 1. The van der Waals surface area contributed by atoms with E-state index in [4.69, 9.17) is 5.11 Å². The van der Waals surface area contributed by atoms with E-state index < -0.39 is 5.97 Å². The van der Waals surface area contributed by atoms with Gasteiger partial charge in [-0.3, -0.25) is 0 Å². The second-order valence-corrected chi connectivity index (χ2v) is 5.20.